The summed E-state index contributed by atoms with van der Waals surface area (Å²) in [5, 5.41) is 11.0. The van der Waals surface area contributed by atoms with Gasteiger partial charge >= 0.3 is 5.97 Å². The summed E-state index contributed by atoms with van der Waals surface area (Å²) >= 11 is 11.9. The number of halogens is 2. The van der Waals surface area contributed by atoms with Crippen molar-refractivity contribution in [1.29, 1.82) is 0 Å². The Kier molecular flexibility index (Phi) is 7.06. The fraction of sp³-hybridized carbons (Fsp3) is 0.250. The molecule has 0 bridgehead atoms. The first-order valence-electron chi connectivity index (χ1n) is 9.33. The van der Waals surface area contributed by atoms with Crippen LogP contribution in [-0.4, -0.2) is 54.1 Å². The van der Waals surface area contributed by atoms with Crippen molar-refractivity contribution >= 4 is 56.5 Å². The first-order chi connectivity index (χ1) is 15.4. The molecule has 0 radical (unpaired) electrons. The zero-order valence-electron chi connectivity index (χ0n) is 17.0. The molecule has 0 spiro atoms. The van der Waals surface area contributed by atoms with E-state index < -0.39 is 57.4 Å². The standard InChI is InChI=1S/C20H16Cl2N2O8S/c1-33(30,31)6-5-17(20(27)32-10-11-3-2-4-12(7-11)24(28)29)23-18(25)13-8-15(21)16(22)9-14(13)19(23)26/h2-4,7-9,17H,5-6,10H2,1H3/t17-/m0/s1. The number of nitro benzene ring substituents is 1. The van der Waals surface area contributed by atoms with Crippen LogP contribution in [0.3, 0.4) is 0 Å². The number of esters is 1. The van der Waals surface area contributed by atoms with Crippen LogP contribution in [0.15, 0.2) is 36.4 Å². The van der Waals surface area contributed by atoms with Crippen LogP contribution >= 0.6 is 23.2 Å². The summed E-state index contributed by atoms with van der Waals surface area (Å²) in [7, 11) is -3.55. The molecule has 0 unspecified atom stereocenters. The van der Waals surface area contributed by atoms with Gasteiger partial charge in [0.2, 0.25) is 0 Å². The van der Waals surface area contributed by atoms with Crippen LogP contribution in [0.1, 0.15) is 32.7 Å². The van der Waals surface area contributed by atoms with Crippen LogP contribution in [0.2, 0.25) is 10.0 Å². The van der Waals surface area contributed by atoms with Crippen molar-refractivity contribution in [2.24, 2.45) is 0 Å². The number of non-ortho nitro benzene ring substituents is 1. The van der Waals surface area contributed by atoms with Crippen molar-refractivity contribution in [2.75, 3.05) is 12.0 Å². The lowest BCUT2D eigenvalue weighted by atomic mass is 10.1. The van der Waals surface area contributed by atoms with E-state index in [-0.39, 0.29) is 26.9 Å². The predicted octanol–water partition coefficient (Wildman–Crippen LogP) is 3.04. The number of carbonyl (C=O) groups is 3. The number of ether oxygens (including phenoxy) is 1. The Morgan fingerprint density at radius 3 is 2.21 bits per heavy atom. The quantitative estimate of drug-likeness (QED) is 0.226. The van der Waals surface area contributed by atoms with E-state index in [0.29, 0.717) is 10.5 Å². The van der Waals surface area contributed by atoms with Gasteiger partial charge in [0.15, 0.2) is 0 Å². The molecule has 0 saturated carbocycles. The molecule has 2 amide bonds. The Hall–Kier alpha value is -3.02. The molecule has 0 saturated heterocycles. The molecule has 33 heavy (non-hydrogen) atoms. The molecule has 0 aliphatic carbocycles. The summed E-state index contributed by atoms with van der Waals surface area (Å²) < 4.78 is 28.6. The third kappa shape index (κ3) is 5.49. The lowest BCUT2D eigenvalue weighted by Crippen LogP contribution is -2.46. The summed E-state index contributed by atoms with van der Waals surface area (Å²) in [6.45, 7) is -0.392. The minimum Gasteiger partial charge on any atom is -0.459 e. The van der Waals surface area contributed by atoms with Crippen LogP contribution in [0.25, 0.3) is 0 Å². The molecule has 1 aliphatic heterocycles. The molecular formula is C20H16Cl2N2O8S. The van der Waals surface area contributed by atoms with E-state index in [0.717, 1.165) is 6.26 Å². The number of imide groups is 1. The number of fused-ring (bicyclic) bond motifs is 1. The molecule has 1 atom stereocenters. The first kappa shape index (κ1) is 24.6. The van der Waals surface area contributed by atoms with E-state index in [1.165, 1.54) is 36.4 Å². The first-order valence-corrected chi connectivity index (χ1v) is 12.2. The normalized spacial score (nSPS) is 14.2. The third-order valence-corrected chi connectivity index (χ3v) is 6.51. The van der Waals surface area contributed by atoms with Crippen LogP contribution in [0.4, 0.5) is 5.69 Å². The Balaban J connectivity index is 1.88. The van der Waals surface area contributed by atoms with Gasteiger partial charge in [-0.15, -0.1) is 0 Å². The topological polar surface area (TPSA) is 141 Å². The highest BCUT2D eigenvalue weighted by molar-refractivity contribution is 7.90. The molecule has 3 rings (SSSR count). The van der Waals surface area contributed by atoms with Crippen LogP contribution in [-0.2, 0) is 26.0 Å². The van der Waals surface area contributed by atoms with E-state index in [4.69, 9.17) is 27.9 Å². The second kappa shape index (κ2) is 9.46. The highest BCUT2D eigenvalue weighted by Gasteiger charge is 2.44. The average Bonchev–Trinajstić information content (AvgIpc) is 2.96. The van der Waals surface area contributed by atoms with E-state index in [2.05, 4.69) is 0 Å². The molecule has 1 aliphatic rings. The van der Waals surface area contributed by atoms with Crippen LogP contribution in [0, 0.1) is 10.1 Å². The van der Waals surface area contributed by atoms with E-state index in [1.54, 1.807) is 0 Å². The van der Waals surface area contributed by atoms with Gasteiger partial charge in [-0.3, -0.25) is 24.6 Å². The molecule has 1 heterocycles. The van der Waals surface area contributed by atoms with Crippen molar-refractivity contribution in [3.63, 3.8) is 0 Å². The summed E-state index contributed by atoms with van der Waals surface area (Å²) in [5.74, 6) is -3.24. The van der Waals surface area contributed by atoms with Crippen molar-refractivity contribution in [2.45, 2.75) is 19.1 Å². The average molecular weight is 515 g/mol. The third-order valence-electron chi connectivity index (χ3n) is 4.81. The summed E-state index contributed by atoms with van der Waals surface area (Å²) in [6, 6.07) is 6.18. The minimum atomic E-state index is -3.55. The Labute approximate surface area is 198 Å². The summed E-state index contributed by atoms with van der Waals surface area (Å²) in [5.41, 5.74) is -0.0814. The van der Waals surface area contributed by atoms with E-state index in [9.17, 15) is 32.9 Å². The Bertz CT molecular complexity index is 1240. The van der Waals surface area contributed by atoms with Crippen LogP contribution < -0.4 is 0 Å². The summed E-state index contributed by atoms with van der Waals surface area (Å²) in [4.78, 5) is 49.6. The number of amides is 2. The maximum atomic E-state index is 12.9. The Morgan fingerprint density at radius 2 is 1.70 bits per heavy atom. The lowest BCUT2D eigenvalue weighted by Gasteiger charge is -2.24. The predicted molar refractivity (Wildman–Crippen MR) is 118 cm³/mol. The number of benzene rings is 2. The maximum absolute atomic E-state index is 12.9. The molecule has 0 aromatic heterocycles. The smallest absolute Gasteiger partial charge is 0.329 e. The van der Waals surface area contributed by atoms with Gasteiger partial charge in [-0.1, -0.05) is 35.3 Å². The van der Waals surface area contributed by atoms with Gasteiger partial charge in [-0.2, -0.15) is 0 Å². The molecule has 13 heteroatoms. The van der Waals surface area contributed by atoms with Gasteiger partial charge in [0.25, 0.3) is 17.5 Å². The second-order valence-corrected chi connectivity index (χ2v) is 10.3. The molecule has 2 aromatic rings. The number of hydrogen-bond donors (Lipinski definition) is 0. The fourth-order valence-corrected chi connectivity index (χ4v) is 4.20. The molecule has 10 nitrogen and oxygen atoms in total. The van der Waals surface area contributed by atoms with Crippen molar-refractivity contribution in [3.8, 4) is 0 Å². The number of nitrogens with zero attached hydrogens (tertiary/aromatic N) is 2. The summed E-state index contributed by atoms with van der Waals surface area (Å²) in [6.07, 6.45) is 0.542. The minimum absolute atomic E-state index is 0.0272. The van der Waals surface area contributed by atoms with Gasteiger partial charge in [-0.05, 0) is 24.1 Å². The molecule has 2 aromatic carbocycles. The van der Waals surface area contributed by atoms with Crippen molar-refractivity contribution in [1.82, 2.24) is 4.90 Å². The number of nitro groups is 1. The van der Waals surface area contributed by atoms with E-state index >= 15 is 0 Å². The van der Waals surface area contributed by atoms with Gasteiger partial charge in [0.05, 0.1) is 31.8 Å². The molecule has 0 N–H and O–H groups in total. The number of carbonyl (C=O) groups excluding carboxylic acids is 3. The van der Waals surface area contributed by atoms with E-state index in [1.807, 2.05) is 0 Å². The van der Waals surface area contributed by atoms with Gasteiger partial charge in [0, 0.05) is 18.4 Å². The van der Waals surface area contributed by atoms with Gasteiger partial charge < -0.3 is 4.74 Å². The monoisotopic (exact) mass is 514 g/mol. The number of hydrogen-bond acceptors (Lipinski definition) is 8. The maximum Gasteiger partial charge on any atom is 0.329 e. The highest BCUT2D eigenvalue weighted by atomic mass is 35.5. The SMILES string of the molecule is CS(=O)(=O)CC[C@@H](C(=O)OCc1cccc([N+](=O)[O-])c1)N1C(=O)c2cc(Cl)c(Cl)cc2C1=O. The fourth-order valence-electron chi connectivity index (χ4n) is 3.22. The molecule has 174 valence electrons. The zero-order chi connectivity index (χ0) is 24.5. The molecule has 0 fully saturated rings. The van der Waals surface area contributed by atoms with Gasteiger partial charge in [-0.25, -0.2) is 13.2 Å². The number of rotatable bonds is 8. The van der Waals surface area contributed by atoms with Crippen molar-refractivity contribution in [3.05, 3.63) is 73.2 Å². The van der Waals surface area contributed by atoms with Gasteiger partial charge in [0.1, 0.15) is 22.5 Å². The number of sulfone groups is 1. The van der Waals surface area contributed by atoms with Crippen molar-refractivity contribution < 1.29 is 32.5 Å². The lowest BCUT2D eigenvalue weighted by molar-refractivity contribution is -0.384. The highest BCUT2D eigenvalue weighted by Crippen LogP contribution is 2.33. The van der Waals surface area contributed by atoms with Crippen LogP contribution in [0.5, 0.6) is 0 Å². The zero-order valence-corrected chi connectivity index (χ0v) is 19.3. The Morgan fingerprint density at radius 1 is 1.12 bits per heavy atom. The molecular weight excluding hydrogens is 499 g/mol. The largest absolute Gasteiger partial charge is 0.459 e. The second-order valence-electron chi connectivity index (χ2n) is 7.26.